The third kappa shape index (κ3) is 6.41. The summed E-state index contributed by atoms with van der Waals surface area (Å²) in [4.78, 5) is 14.2. The Labute approximate surface area is 184 Å². The van der Waals surface area contributed by atoms with Crippen molar-refractivity contribution in [2.75, 3.05) is 31.1 Å². The number of carbonyl (C=O) groups excluding carboxylic acids is 1. The molecule has 1 atom stereocenters. The fourth-order valence-corrected chi connectivity index (χ4v) is 4.72. The molecule has 6 heteroatoms. The molecular weight excluding hydrogens is 392 g/mol. The van der Waals surface area contributed by atoms with Crippen molar-refractivity contribution in [1.82, 2.24) is 15.0 Å². The van der Waals surface area contributed by atoms with Gasteiger partial charge in [-0.3, -0.25) is 4.79 Å². The van der Waals surface area contributed by atoms with Crippen LogP contribution in [0.4, 0.5) is 5.82 Å². The average molecular weight is 427 g/mol. The summed E-state index contributed by atoms with van der Waals surface area (Å²) < 4.78 is 6.05. The molecule has 0 radical (unpaired) electrons. The molecule has 1 aliphatic heterocycles. The lowest BCUT2D eigenvalue weighted by Gasteiger charge is -2.21. The molecule has 0 aromatic carbocycles. The van der Waals surface area contributed by atoms with Crippen molar-refractivity contribution in [2.24, 2.45) is 5.92 Å². The second-order valence-corrected chi connectivity index (χ2v) is 8.51. The van der Waals surface area contributed by atoms with Gasteiger partial charge in [0, 0.05) is 36.3 Å². The summed E-state index contributed by atoms with van der Waals surface area (Å²) in [6.07, 6.45) is 19.9. The Morgan fingerprint density at radius 2 is 2.20 bits per heavy atom. The maximum atomic E-state index is 11.8. The maximum absolute atomic E-state index is 11.8. The number of allylic oxidation sites excluding steroid dienone is 4. The minimum atomic E-state index is 0.0933. The Hall–Kier alpha value is -2.18. The summed E-state index contributed by atoms with van der Waals surface area (Å²) >= 11 is 1.63. The lowest BCUT2D eigenvalue weighted by molar-refractivity contribution is -0.121. The van der Waals surface area contributed by atoms with E-state index in [1.54, 1.807) is 11.5 Å². The minimum Gasteiger partial charge on any atom is -0.356 e. The van der Waals surface area contributed by atoms with E-state index in [0.29, 0.717) is 6.42 Å². The third-order valence-corrected chi connectivity index (χ3v) is 6.21. The number of nitrogens with zero attached hydrogens (tertiary/aromatic N) is 2. The van der Waals surface area contributed by atoms with Crippen molar-refractivity contribution >= 4 is 35.4 Å². The molecule has 2 heterocycles. The van der Waals surface area contributed by atoms with Crippen LogP contribution < -0.4 is 25.3 Å². The molecule has 1 aromatic rings. The van der Waals surface area contributed by atoms with Crippen LogP contribution in [-0.2, 0) is 4.79 Å². The molecule has 2 aliphatic rings. The first-order chi connectivity index (χ1) is 14.7. The molecule has 1 aromatic heterocycles. The van der Waals surface area contributed by atoms with Gasteiger partial charge in [-0.15, -0.1) is 0 Å². The van der Waals surface area contributed by atoms with Gasteiger partial charge in [0.05, 0.1) is 4.53 Å². The molecule has 1 unspecified atom stereocenters. The van der Waals surface area contributed by atoms with Gasteiger partial charge in [-0.1, -0.05) is 36.5 Å². The molecule has 0 saturated carbocycles. The number of hydrogen-bond donors (Lipinski definition) is 2. The summed E-state index contributed by atoms with van der Waals surface area (Å²) in [5.41, 5.74) is 0.902. The molecule has 30 heavy (non-hydrogen) atoms. The van der Waals surface area contributed by atoms with Gasteiger partial charge in [0.15, 0.2) is 0 Å². The minimum absolute atomic E-state index is 0.0933. The average Bonchev–Trinajstić information content (AvgIpc) is 3.17. The van der Waals surface area contributed by atoms with E-state index < -0.39 is 0 Å². The van der Waals surface area contributed by atoms with Crippen LogP contribution in [0.15, 0.2) is 36.1 Å². The third-order valence-electron chi connectivity index (χ3n) is 5.36. The van der Waals surface area contributed by atoms with E-state index in [1.165, 1.54) is 15.6 Å². The van der Waals surface area contributed by atoms with Crippen LogP contribution in [0.5, 0.6) is 0 Å². The fourth-order valence-electron chi connectivity index (χ4n) is 3.86. The molecule has 0 saturated heterocycles. The zero-order valence-corrected chi connectivity index (χ0v) is 19.0. The molecule has 3 rings (SSSR count). The van der Waals surface area contributed by atoms with Gasteiger partial charge in [-0.05, 0) is 70.2 Å². The predicted molar refractivity (Wildman–Crippen MR) is 128 cm³/mol. The van der Waals surface area contributed by atoms with Crippen LogP contribution in [-0.4, -0.2) is 36.5 Å². The van der Waals surface area contributed by atoms with E-state index in [0.717, 1.165) is 57.6 Å². The normalized spacial score (nSPS) is 18.7. The molecule has 0 spiro atoms. The molecule has 0 fully saturated rings. The zero-order valence-electron chi connectivity index (χ0n) is 18.2. The molecule has 162 valence electrons. The van der Waals surface area contributed by atoms with Crippen LogP contribution in [0.1, 0.15) is 46.0 Å². The largest absolute Gasteiger partial charge is 0.356 e. The summed E-state index contributed by atoms with van der Waals surface area (Å²) in [6, 6.07) is 0. The Morgan fingerprint density at radius 1 is 1.33 bits per heavy atom. The number of anilines is 1. The highest BCUT2D eigenvalue weighted by Crippen LogP contribution is 2.16. The van der Waals surface area contributed by atoms with E-state index in [2.05, 4.69) is 52.8 Å². The monoisotopic (exact) mass is 426 g/mol. The first-order valence-corrected chi connectivity index (χ1v) is 11.9. The van der Waals surface area contributed by atoms with Gasteiger partial charge in [0.2, 0.25) is 5.91 Å². The Bertz CT molecular complexity index is 912. The van der Waals surface area contributed by atoms with Gasteiger partial charge < -0.3 is 15.5 Å². The number of carbonyl (C=O) groups is 1. The number of fused-ring (bicyclic) bond motifs is 1. The van der Waals surface area contributed by atoms with Gasteiger partial charge >= 0.3 is 0 Å². The fraction of sp³-hybridized carbons (Fsp3) is 0.500. The number of aromatic nitrogens is 1. The van der Waals surface area contributed by atoms with E-state index in [9.17, 15) is 4.79 Å². The number of nitrogens with one attached hydrogen (secondary N) is 2. The first-order valence-electron chi connectivity index (χ1n) is 11.1. The summed E-state index contributed by atoms with van der Waals surface area (Å²) in [5, 5.41) is 7.76. The maximum Gasteiger partial charge on any atom is 0.225 e. The van der Waals surface area contributed by atoms with Crippen molar-refractivity contribution in [3.05, 3.63) is 45.8 Å². The second kappa shape index (κ2) is 11.9. The molecule has 1 aliphatic carbocycles. The van der Waals surface area contributed by atoms with Gasteiger partial charge in [0.1, 0.15) is 5.82 Å². The van der Waals surface area contributed by atoms with Crippen LogP contribution >= 0.6 is 11.5 Å². The van der Waals surface area contributed by atoms with Crippen molar-refractivity contribution < 1.29 is 4.79 Å². The second-order valence-electron chi connectivity index (χ2n) is 7.71. The summed E-state index contributed by atoms with van der Waals surface area (Å²) in [5.74, 6) is 1.45. The predicted octanol–water partition coefficient (Wildman–Crippen LogP) is 2.85. The summed E-state index contributed by atoms with van der Waals surface area (Å²) in [7, 11) is 0. The van der Waals surface area contributed by atoms with Crippen LogP contribution in [0, 0.1) is 5.92 Å². The Morgan fingerprint density at radius 3 is 3.03 bits per heavy atom. The van der Waals surface area contributed by atoms with Gasteiger partial charge in [0.25, 0.3) is 0 Å². The molecular formula is C24H34N4OS. The zero-order chi connectivity index (χ0) is 21.2. The highest BCUT2D eigenvalue weighted by atomic mass is 32.1. The Kier molecular flexibility index (Phi) is 8.90. The van der Waals surface area contributed by atoms with E-state index in [1.807, 2.05) is 19.1 Å². The van der Waals surface area contributed by atoms with Gasteiger partial charge in [-0.2, -0.15) is 4.37 Å². The quantitative estimate of drug-likeness (QED) is 0.422. The van der Waals surface area contributed by atoms with Gasteiger partial charge in [-0.25, -0.2) is 0 Å². The van der Waals surface area contributed by atoms with E-state index >= 15 is 0 Å². The Balaban J connectivity index is 1.35. The standard InChI is InChI=1S/C24H34N4OS/c1-3-10-20-17-19(18-23(29)26-20)11-7-8-14-25-15-9-16-28(4-2)24-21-12-5-6-13-22(21)30-27-24/h3,7,10-13,17,19,25H,4-6,8-9,14-16,18H2,1-2H3,(H,26,29)/b10-3+,11-7+. The molecule has 1 amide bonds. The van der Waals surface area contributed by atoms with Crippen LogP contribution in [0.2, 0.25) is 0 Å². The molecule has 0 bridgehead atoms. The molecule has 5 nitrogen and oxygen atoms in total. The van der Waals surface area contributed by atoms with E-state index in [4.69, 9.17) is 4.37 Å². The molecule has 2 N–H and O–H groups in total. The lowest BCUT2D eigenvalue weighted by atomic mass is 9.99. The number of amides is 1. The topological polar surface area (TPSA) is 57.3 Å². The lowest BCUT2D eigenvalue weighted by Crippen LogP contribution is -2.34. The smallest absolute Gasteiger partial charge is 0.225 e. The van der Waals surface area contributed by atoms with Crippen molar-refractivity contribution in [3.8, 4) is 0 Å². The SMILES string of the molecule is C/C=C/C1=CC(/C=C/CCNCCCN(CC)c2nsc3c2=CCCC=3)CC(=O)N1. The van der Waals surface area contributed by atoms with Crippen molar-refractivity contribution in [2.45, 2.75) is 46.0 Å². The highest BCUT2D eigenvalue weighted by Gasteiger charge is 2.15. The summed E-state index contributed by atoms with van der Waals surface area (Å²) in [6.45, 7) is 8.15. The van der Waals surface area contributed by atoms with Crippen molar-refractivity contribution in [1.29, 1.82) is 0 Å². The first kappa shape index (κ1) is 22.5. The number of hydrogen-bond acceptors (Lipinski definition) is 5. The van der Waals surface area contributed by atoms with Crippen LogP contribution in [0.3, 0.4) is 0 Å². The van der Waals surface area contributed by atoms with Crippen LogP contribution in [0.25, 0.3) is 12.2 Å². The highest BCUT2D eigenvalue weighted by molar-refractivity contribution is 7.03. The van der Waals surface area contributed by atoms with E-state index in [-0.39, 0.29) is 11.8 Å². The van der Waals surface area contributed by atoms with Crippen molar-refractivity contribution in [3.63, 3.8) is 0 Å². The number of rotatable bonds is 11.